The van der Waals surface area contributed by atoms with Crippen LogP contribution in [-0.4, -0.2) is 45.5 Å². The molecule has 2 aromatic rings. The van der Waals surface area contributed by atoms with Crippen LogP contribution in [0.4, 0.5) is 10.8 Å². The number of rotatable bonds is 5. The fourth-order valence-electron chi connectivity index (χ4n) is 2.60. The average Bonchev–Trinajstić information content (AvgIpc) is 3.13. The van der Waals surface area contributed by atoms with Crippen molar-refractivity contribution in [2.45, 2.75) is 6.42 Å². The summed E-state index contributed by atoms with van der Waals surface area (Å²) in [4.78, 5) is 16.5. The third kappa shape index (κ3) is 4.80. The van der Waals surface area contributed by atoms with Gasteiger partial charge in [0.15, 0.2) is 15.0 Å². The van der Waals surface area contributed by atoms with Gasteiger partial charge >= 0.3 is 0 Å². The van der Waals surface area contributed by atoms with Crippen molar-refractivity contribution >= 4 is 47.9 Å². The van der Waals surface area contributed by atoms with Crippen molar-refractivity contribution in [3.05, 3.63) is 29.6 Å². The monoisotopic (exact) mass is 415 g/mol. The Labute approximate surface area is 155 Å². The zero-order valence-corrected chi connectivity index (χ0v) is 16.2. The largest absolute Gasteiger partial charge is 0.302 e. The van der Waals surface area contributed by atoms with E-state index >= 15 is 0 Å². The van der Waals surface area contributed by atoms with Gasteiger partial charge in [-0.25, -0.2) is 21.8 Å². The highest BCUT2D eigenvalue weighted by molar-refractivity contribution is 7.92. The first-order valence-electron chi connectivity index (χ1n) is 7.66. The molecule has 2 heterocycles. The molecule has 1 fully saturated rings. The highest BCUT2D eigenvalue weighted by Gasteiger charge is 2.33. The van der Waals surface area contributed by atoms with Crippen molar-refractivity contribution in [2.75, 3.05) is 27.8 Å². The molecule has 1 aromatic heterocycles. The van der Waals surface area contributed by atoms with Gasteiger partial charge in [0.05, 0.1) is 29.4 Å². The van der Waals surface area contributed by atoms with Crippen LogP contribution >= 0.6 is 11.3 Å². The maximum absolute atomic E-state index is 12.2. The summed E-state index contributed by atoms with van der Waals surface area (Å²) in [6, 6.07) is 6.68. The van der Waals surface area contributed by atoms with E-state index in [4.69, 9.17) is 0 Å². The number of anilines is 2. The molecule has 26 heavy (non-hydrogen) atoms. The molecular weight excluding hydrogens is 398 g/mol. The van der Waals surface area contributed by atoms with Gasteiger partial charge in [0, 0.05) is 16.6 Å². The number of nitrogens with one attached hydrogen (secondary N) is 2. The molecule has 0 radical (unpaired) electrons. The van der Waals surface area contributed by atoms with Crippen LogP contribution in [0, 0.1) is 5.92 Å². The summed E-state index contributed by atoms with van der Waals surface area (Å²) in [6.07, 6.45) is 1.41. The molecule has 1 aliphatic rings. The number of amides is 1. The first-order chi connectivity index (χ1) is 12.1. The van der Waals surface area contributed by atoms with Crippen LogP contribution < -0.4 is 10.0 Å². The predicted octanol–water partition coefficient (Wildman–Crippen LogP) is 1.55. The fraction of sp³-hybridized carbons (Fsp3) is 0.333. The molecule has 0 saturated carbocycles. The number of hydrogen-bond acceptors (Lipinski definition) is 7. The number of benzene rings is 1. The molecule has 1 unspecified atom stereocenters. The highest BCUT2D eigenvalue weighted by atomic mass is 32.2. The molecule has 3 rings (SSSR count). The molecule has 1 saturated heterocycles. The number of sulfonamides is 1. The molecule has 8 nitrogen and oxygen atoms in total. The molecule has 140 valence electrons. The highest BCUT2D eigenvalue weighted by Crippen LogP contribution is 2.27. The zero-order chi connectivity index (χ0) is 18.9. The van der Waals surface area contributed by atoms with Crippen molar-refractivity contribution in [1.82, 2.24) is 4.98 Å². The lowest BCUT2D eigenvalue weighted by atomic mass is 10.1. The smallest absolute Gasteiger partial charge is 0.230 e. The quantitative estimate of drug-likeness (QED) is 0.764. The van der Waals surface area contributed by atoms with Crippen LogP contribution in [0.15, 0.2) is 29.6 Å². The van der Waals surface area contributed by atoms with Gasteiger partial charge in [0.25, 0.3) is 0 Å². The summed E-state index contributed by atoms with van der Waals surface area (Å²) in [5.74, 6) is -0.943. The maximum Gasteiger partial charge on any atom is 0.230 e. The molecule has 1 atom stereocenters. The molecular formula is C15H17N3O5S3. The molecule has 0 aliphatic carbocycles. The lowest BCUT2D eigenvalue weighted by molar-refractivity contribution is -0.119. The number of carbonyl (C=O) groups excluding carboxylic acids is 1. The van der Waals surface area contributed by atoms with Crippen molar-refractivity contribution in [3.63, 3.8) is 0 Å². The number of carbonyl (C=O) groups is 1. The topological polar surface area (TPSA) is 122 Å². The third-order valence-electron chi connectivity index (χ3n) is 3.82. The second-order valence-corrected chi connectivity index (χ2v) is 10.9. The van der Waals surface area contributed by atoms with E-state index in [1.54, 1.807) is 29.6 Å². The predicted molar refractivity (Wildman–Crippen MR) is 101 cm³/mol. The maximum atomic E-state index is 12.2. The van der Waals surface area contributed by atoms with Gasteiger partial charge in [0.2, 0.25) is 15.9 Å². The van der Waals surface area contributed by atoms with E-state index in [1.165, 1.54) is 11.3 Å². The molecule has 0 spiro atoms. The van der Waals surface area contributed by atoms with Crippen LogP contribution in [0.1, 0.15) is 6.42 Å². The van der Waals surface area contributed by atoms with Crippen LogP contribution in [0.3, 0.4) is 0 Å². The van der Waals surface area contributed by atoms with Crippen molar-refractivity contribution < 1.29 is 21.6 Å². The second-order valence-electron chi connectivity index (χ2n) is 6.08. The van der Waals surface area contributed by atoms with Crippen LogP contribution in [-0.2, 0) is 24.7 Å². The van der Waals surface area contributed by atoms with E-state index in [0.717, 1.165) is 11.8 Å². The van der Waals surface area contributed by atoms with Gasteiger partial charge in [0.1, 0.15) is 0 Å². The Kier molecular flexibility index (Phi) is 5.04. The summed E-state index contributed by atoms with van der Waals surface area (Å²) in [6.45, 7) is 0. The van der Waals surface area contributed by atoms with Crippen LogP contribution in [0.2, 0.25) is 0 Å². The lowest BCUT2D eigenvalue weighted by Crippen LogP contribution is -2.23. The van der Waals surface area contributed by atoms with E-state index < -0.39 is 25.8 Å². The average molecular weight is 416 g/mol. The first-order valence-corrected chi connectivity index (χ1v) is 12.3. The van der Waals surface area contributed by atoms with E-state index in [2.05, 4.69) is 15.0 Å². The summed E-state index contributed by atoms with van der Waals surface area (Å²) in [7, 11) is -6.45. The Morgan fingerprint density at radius 2 is 1.96 bits per heavy atom. The number of sulfone groups is 1. The Morgan fingerprint density at radius 1 is 1.27 bits per heavy atom. The zero-order valence-electron chi connectivity index (χ0n) is 13.8. The number of thiazole rings is 1. The lowest BCUT2D eigenvalue weighted by Gasteiger charge is -2.06. The van der Waals surface area contributed by atoms with Gasteiger partial charge in [-0.1, -0.05) is 12.1 Å². The minimum atomic E-state index is -3.33. The molecule has 1 aliphatic heterocycles. The molecule has 2 N–H and O–H groups in total. The SMILES string of the molecule is CS(=O)(=O)Nc1ccc(-c2csc(NC(=O)C3CCS(=O)(=O)C3)n2)cc1. The summed E-state index contributed by atoms with van der Waals surface area (Å²) in [5, 5.41) is 4.83. The minimum Gasteiger partial charge on any atom is -0.302 e. The first kappa shape index (κ1) is 18.8. The third-order valence-corrected chi connectivity index (χ3v) is 6.95. The summed E-state index contributed by atoms with van der Waals surface area (Å²) >= 11 is 1.24. The Balaban J connectivity index is 1.67. The fourth-order valence-corrected chi connectivity index (χ4v) is 5.62. The van der Waals surface area contributed by atoms with Gasteiger partial charge in [-0.05, 0) is 18.6 Å². The summed E-state index contributed by atoms with van der Waals surface area (Å²) < 4.78 is 47.7. The number of aromatic nitrogens is 1. The normalized spacial score (nSPS) is 19.2. The standard InChI is InChI=1S/C15H17N3O5S3/c1-25(20,21)18-12-4-2-10(3-5-12)13-8-24-15(16-13)17-14(19)11-6-7-26(22,23)9-11/h2-5,8,11,18H,6-7,9H2,1H3,(H,16,17,19). The molecule has 1 aromatic carbocycles. The van der Waals surface area contributed by atoms with Crippen LogP contribution in [0.5, 0.6) is 0 Å². The van der Waals surface area contributed by atoms with Crippen LogP contribution in [0.25, 0.3) is 11.3 Å². The molecule has 0 bridgehead atoms. The Morgan fingerprint density at radius 3 is 2.54 bits per heavy atom. The number of nitrogens with zero attached hydrogens (tertiary/aromatic N) is 1. The Bertz CT molecular complexity index is 1030. The molecule has 1 amide bonds. The van der Waals surface area contributed by atoms with Crippen molar-refractivity contribution in [1.29, 1.82) is 0 Å². The van der Waals surface area contributed by atoms with E-state index in [-0.39, 0.29) is 17.4 Å². The summed E-state index contributed by atoms with van der Waals surface area (Å²) in [5.41, 5.74) is 1.85. The second kappa shape index (κ2) is 6.97. The van der Waals surface area contributed by atoms with E-state index in [9.17, 15) is 21.6 Å². The van der Waals surface area contributed by atoms with Gasteiger partial charge in [-0.15, -0.1) is 11.3 Å². The van der Waals surface area contributed by atoms with Crippen molar-refractivity contribution in [3.8, 4) is 11.3 Å². The number of hydrogen-bond donors (Lipinski definition) is 2. The minimum absolute atomic E-state index is 0.0437. The van der Waals surface area contributed by atoms with Gasteiger partial charge in [-0.3, -0.25) is 9.52 Å². The van der Waals surface area contributed by atoms with Gasteiger partial charge < -0.3 is 5.32 Å². The van der Waals surface area contributed by atoms with E-state index in [0.29, 0.717) is 22.9 Å². The molecule has 11 heteroatoms. The van der Waals surface area contributed by atoms with Crippen molar-refractivity contribution in [2.24, 2.45) is 5.92 Å². The Hall–Kier alpha value is -1.98. The van der Waals surface area contributed by atoms with Gasteiger partial charge in [-0.2, -0.15) is 0 Å². The van der Waals surface area contributed by atoms with E-state index in [1.807, 2.05) is 0 Å².